The van der Waals surface area contributed by atoms with Gasteiger partial charge in [-0.05, 0) is 25.0 Å². The van der Waals surface area contributed by atoms with Crippen LogP contribution in [-0.4, -0.2) is 34.2 Å². The number of rotatable bonds is 3. The number of hydrogen-bond acceptors (Lipinski definition) is 3. The number of nitro benzene ring substituents is 1. The standard InChI is InChI=1S/C12H12ClFN2O3/c13-7-9-2-1-5-15(9)12(17)10-6-8(14)3-4-11(10)16(18)19/h3-4,6,9H,1-2,5,7H2. The number of nitrogens with zero attached hydrogens (tertiary/aromatic N) is 2. The van der Waals surface area contributed by atoms with Gasteiger partial charge in [0.1, 0.15) is 11.4 Å². The first-order chi connectivity index (χ1) is 9.04. The summed E-state index contributed by atoms with van der Waals surface area (Å²) in [4.78, 5) is 24.0. The molecule has 1 aromatic carbocycles. The van der Waals surface area contributed by atoms with Gasteiger partial charge in [-0.3, -0.25) is 14.9 Å². The predicted octanol–water partition coefficient (Wildman–Crippen LogP) is 2.58. The number of alkyl halides is 1. The Hall–Kier alpha value is -1.69. The van der Waals surface area contributed by atoms with Crippen LogP contribution in [0.25, 0.3) is 0 Å². The molecule has 1 aliphatic rings. The number of carbonyl (C=O) groups is 1. The molecule has 2 rings (SSSR count). The Morgan fingerprint density at radius 1 is 1.58 bits per heavy atom. The number of likely N-dealkylation sites (tertiary alicyclic amines) is 1. The van der Waals surface area contributed by atoms with E-state index in [-0.39, 0.29) is 23.2 Å². The van der Waals surface area contributed by atoms with E-state index in [2.05, 4.69) is 0 Å². The summed E-state index contributed by atoms with van der Waals surface area (Å²) < 4.78 is 13.2. The van der Waals surface area contributed by atoms with Gasteiger partial charge >= 0.3 is 0 Å². The van der Waals surface area contributed by atoms with E-state index < -0.39 is 16.6 Å². The third-order valence-electron chi connectivity index (χ3n) is 3.20. The Kier molecular flexibility index (Phi) is 3.99. The zero-order chi connectivity index (χ0) is 14.0. The molecule has 1 aliphatic heterocycles. The molecule has 1 amide bonds. The maximum Gasteiger partial charge on any atom is 0.282 e. The Morgan fingerprint density at radius 3 is 2.95 bits per heavy atom. The van der Waals surface area contributed by atoms with Crippen LogP contribution in [0.4, 0.5) is 10.1 Å². The third kappa shape index (κ3) is 2.68. The minimum atomic E-state index is -0.682. The van der Waals surface area contributed by atoms with Crippen molar-refractivity contribution in [1.29, 1.82) is 0 Å². The highest BCUT2D eigenvalue weighted by atomic mass is 35.5. The van der Waals surface area contributed by atoms with Gasteiger partial charge in [-0.25, -0.2) is 4.39 Å². The van der Waals surface area contributed by atoms with Crippen LogP contribution >= 0.6 is 11.6 Å². The summed E-state index contributed by atoms with van der Waals surface area (Å²) in [6.07, 6.45) is 1.56. The van der Waals surface area contributed by atoms with Gasteiger partial charge in [0.15, 0.2) is 0 Å². The van der Waals surface area contributed by atoms with Crippen molar-refractivity contribution in [2.75, 3.05) is 12.4 Å². The zero-order valence-electron chi connectivity index (χ0n) is 10.0. The van der Waals surface area contributed by atoms with Crippen LogP contribution < -0.4 is 0 Å². The van der Waals surface area contributed by atoms with Crippen LogP contribution in [0.1, 0.15) is 23.2 Å². The lowest BCUT2D eigenvalue weighted by Crippen LogP contribution is -2.36. The van der Waals surface area contributed by atoms with E-state index >= 15 is 0 Å². The third-order valence-corrected chi connectivity index (χ3v) is 3.56. The summed E-state index contributed by atoms with van der Waals surface area (Å²) in [5.41, 5.74) is -0.603. The highest BCUT2D eigenvalue weighted by Gasteiger charge is 2.32. The molecule has 0 saturated carbocycles. The molecule has 0 bridgehead atoms. The van der Waals surface area contributed by atoms with Gasteiger partial charge in [-0.2, -0.15) is 0 Å². The number of carbonyl (C=O) groups excluding carboxylic acids is 1. The second kappa shape index (κ2) is 5.52. The molecule has 7 heteroatoms. The van der Waals surface area contributed by atoms with Crippen molar-refractivity contribution in [1.82, 2.24) is 4.90 Å². The summed E-state index contributed by atoms with van der Waals surface area (Å²) in [6, 6.07) is 2.74. The topological polar surface area (TPSA) is 63.4 Å². The molecule has 0 N–H and O–H groups in total. The van der Waals surface area contributed by atoms with Gasteiger partial charge in [0.05, 0.1) is 4.92 Å². The molecule has 1 fully saturated rings. The molecule has 1 aromatic rings. The Labute approximate surface area is 114 Å². The number of nitro groups is 1. The number of amides is 1. The van der Waals surface area contributed by atoms with Gasteiger partial charge in [0, 0.05) is 24.5 Å². The van der Waals surface area contributed by atoms with E-state index in [1.807, 2.05) is 0 Å². The molecule has 19 heavy (non-hydrogen) atoms. The fraction of sp³-hybridized carbons (Fsp3) is 0.417. The average Bonchev–Trinajstić information content (AvgIpc) is 2.85. The molecule has 0 aromatic heterocycles. The van der Waals surface area contributed by atoms with Crippen LogP contribution in [0, 0.1) is 15.9 Å². The molecule has 1 atom stereocenters. The largest absolute Gasteiger partial charge is 0.334 e. The van der Waals surface area contributed by atoms with E-state index in [1.165, 1.54) is 4.90 Å². The smallest absolute Gasteiger partial charge is 0.282 e. The minimum absolute atomic E-state index is 0.142. The Balaban J connectivity index is 2.37. The van der Waals surface area contributed by atoms with Gasteiger partial charge in [0.25, 0.3) is 11.6 Å². The molecule has 5 nitrogen and oxygen atoms in total. The monoisotopic (exact) mass is 286 g/mol. The maximum absolute atomic E-state index is 13.2. The van der Waals surface area contributed by atoms with Crippen LogP contribution in [0.5, 0.6) is 0 Å². The van der Waals surface area contributed by atoms with Crippen molar-refractivity contribution in [2.45, 2.75) is 18.9 Å². The Morgan fingerprint density at radius 2 is 2.32 bits per heavy atom. The van der Waals surface area contributed by atoms with Crippen molar-refractivity contribution in [3.63, 3.8) is 0 Å². The zero-order valence-corrected chi connectivity index (χ0v) is 10.8. The van der Waals surface area contributed by atoms with Crippen LogP contribution in [0.3, 0.4) is 0 Å². The van der Waals surface area contributed by atoms with Crippen LogP contribution in [0.15, 0.2) is 18.2 Å². The first-order valence-corrected chi connectivity index (χ1v) is 6.39. The molecule has 1 unspecified atom stereocenters. The van der Waals surface area contributed by atoms with Crippen LogP contribution in [-0.2, 0) is 0 Å². The van der Waals surface area contributed by atoms with E-state index in [1.54, 1.807) is 0 Å². The predicted molar refractivity (Wildman–Crippen MR) is 67.8 cm³/mol. The fourth-order valence-corrected chi connectivity index (χ4v) is 2.58. The lowest BCUT2D eigenvalue weighted by molar-refractivity contribution is -0.385. The van der Waals surface area contributed by atoms with Crippen LogP contribution in [0.2, 0.25) is 0 Å². The van der Waals surface area contributed by atoms with Crippen molar-refractivity contribution in [3.05, 3.63) is 39.7 Å². The summed E-state index contributed by atoms with van der Waals surface area (Å²) in [6.45, 7) is 0.490. The van der Waals surface area contributed by atoms with E-state index in [4.69, 9.17) is 11.6 Å². The summed E-state index contributed by atoms with van der Waals surface area (Å²) in [5.74, 6) is -0.931. The molecule has 0 aliphatic carbocycles. The summed E-state index contributed by atoms with van der Waals surface area (Å²) >= 11 is 5.77. The maximum atomic E-state index is 13.2. The van der Waals surface area contributed by atoms with Gasteiger partial charge in [-0.15, -0.1) is 11.6 Å². The highest BCUT2D eigenvalue weighted by molar-refractivity contribution is 6.18. The molecule has 0 spiro atoms. The average molecular weight is 287 g/mol. The van der Waals surface area contributed by atoms with E-state index in [9.17, 15) is 19.3 Å². The normalized spacial score (nSPS) is 18.6. The minimum Gasteiger partial charge on any atom is -0.334 e. The molecular formula is C12H12ClFN2O3. The second-order valence-electron chi connectivity index (χ2n) is 4.37. The lowest BCUT2D eigenvalue weighted by atomic mass is 10.1. The van der Waals surface area contributed by atoms with Gasteiger partial charge < -0.3 is 4.90 Å². The summed E-state index contributed by atoms with van der Waals surface area (Å²) in [5, 5.41) is 10.9. The quantitative estimate of drug-likeness (QED) is 0.487. The van der Waals surface area contributed by atoms with Crippen molar-refractivity contribution >= 4 is 23.2 Å². The summed E-state index contributed by atoms with van der Waals surface area (Å²) in [7, 11) is 0. The first kappa shape index (κ1) is 13.7. The van der Waals surface area contributed by atoms with Crippen molar-refractivity contribution in [3.8, 4) is 0 Å². The highest BCUT2D eigenvalue weighted by Crippen LogP contribution is 2.26. The molecular weight excluding hydrogens is 275 g/mol. The molecule has 1 heterocycles. The van der Waals surface area contributed by atoms with E-state index in [0.29, 0.717) is 6.54 Å². The van der Waals surface area contributed by atoms with Crippen molar-refractivity contribution in [2.24, 2.45) is 0 Å². The number of halogens is 2. The number of hydrogen-bond donors (Lipinski definition) is 0. The molecule has 0 radical (unpaired) electrons. The first-order valence-electron chi connectivity index (χ1n) is 5.85. The Bertz CT molecular complexity index is 524. The van der Waals surface area contributed by atoms with Crippen molar-refractivity contribution < 1.29 is 14.1 Å². The number of benzene rings is 1. The fourth-order valence-electron chi connectivity index (χ4n) is 2.26. The lowest BCUT2D eigenvalue weighted by Gasteiger charge is -2.22. The van der Waals surface area contributed by atoms with Gasteiger partial charge in [0.2, 0.25) is 0 Å². The molecule has 102 valence electrons. The van der Waals surface area contributed by atoms with E-state index in [0.717, 1.165) is 31.0 Å². The molecule has 1 saturated heterocycles. The second-order valence-corrected chi connectivity index (χ2v) is 4.68. The SMILES string of the molecule is O=C(c1cc(F)ccc1[N+](=O)[O-])N1CCCC1CCl. The van der Waals surface area contributed by atoms with Gasteiger partial charge in [-0.1, -0.05) is 0 Å².